The molecule has 1 aromatic heterocycles. The molecule has 0 saturated heterocycles. The van der Waals surface area contributed by atoms with Crippen LogP contribution in [0.5, 0.6) is 0 Å². The second-order valence-electron chi connectivity index (χ2n) is 4.28. The summed E-state index contributed by atoms with van der Waals surface area (Å²) in [5.74, 6) is 0.808. The summed E-state index contributed by atoms with van der Waals surface area (Å²) < 4.78 is 10.8. The maximum atomic E-state index is 5.82. The quantitative estimate of drug-likeness (QED) is 0.888. The van der Waals surface area contributed by atoms with Crippen LogP contribution in [0.1, 0.15) is 37.1 Å². The van der Waals surface area contributed by atoms with Crippen molar-refractivity contribution in [1.82, 2.24) is 5.16 Å². The van der Waals surface area contributed by atoms with E-state index in [1.807, 2.05) is 13.0 Å². The van der Waals surface area contributed by atoms with Crippen LogP contribution in [0.15, 0.2) is 10.6 Å². The molecule has 0 unspecified atom stereocenters. The Balaban J connectivity index is 0.00000128. The van der Waals surface area contributed by atoms with Crippen LogP contribution < -0.4 is 5.73 Å². The van der Waals surface area contributed by atoms with Gasteiger partial charge in [-0.15, -0.1) is 12.4 Å². The molecule has 0 bridgehead atoms. The lowest BCUT2D eigenvalue weighted by atomic mass is 9.94. The Morgan fingerprint density at radius 3 is 2.69 bits per heavy atom. The van der Waals surface area contributed by atoms with Crippen LogP contribution in [0.3, 0.4) is 0 Å². The van der Waals surface area contributed by atoms with Crippen LogP contribution in [0, 0.1) is 6.92 Å². The van der Waals surface area contributed by atoms with Crippen molar-refractivity contribution in [1.29, 1.82) is 0 Å². The fourth-order valence-electron chi connectivity index (χ4n) is 1.94. The van der Waals surface area contributed by atoms with Crippen LogP contribution in [0.25, 0.3) is 0 Å². The zero-order valence-electron chi connectivity index (χ0n) is 9.52. The van der Waals surface area contributed by atoms with Crippen LogP contribution >= 0.6 is 12.4 Å². The van der Waals surface area contributed by atoms with Gasteiger partial charge in [-0.2, -0.15) is 0 Å². The molecular weight excluding hydrogens is 228 g/mol. The van der Waals surface area contributed by atoms with Gasteiger partial charge < -0.3 is 15.0 Å². The maximum Gasteiger partial charge on any atom is 0.162 e. The Morgan fingerprint density at radius 1 is 1.44 bits per heavy atom. The molecule has 2 N–H and O–H groups in total. The summed E-state index contributed by atoms with van der Waals surface area (Å²) in [6, 6.07) is 2.28. The highest BCUT2D eigenvalue weighted by atomic mass is 35.5. The summed E-state index contributed by atoms with van der Waals surface area (Å²) in [5.41, 5.74) is 6.73. The third-order valence-corrected chi connectivity index (χ3v) is 2.86. The molecule has 0 spiro atoms. The first-order valence-electron chi connectivity index (χ1n) is 5.53. The summed E-state index contributed by atoms with van der Waals surface area (Å²) in [4.78, 5) is 0. The monoisotopic (exact) mass is 246 g/mol. The summed E-state index contributed by atoms with van der Waals surface area (Å²) >= 11 is 0. The highest BCUT2D eigenvalue weighted by molar-refractivity contribution is 5.85. The number of halogens is 1. The number of aromatic nitrogens is 1. The standard InChI is InChI=1S/C11H18N2O2.ClH/c1-8-6-11(15-13-8)7-14-10-4-2-9(12)3-5-10;/h6,9-10H,2-5,7,12H2,1H3;1H. The third-order valence-electron chi connectivity index (χ3n) is 2.86. The van der Waals surface area contributed by atoms with Crippen molar-refractivity contribution in [2.45, 2.75) is 51.4 Å². The van der Waals surface area contributed by atoms with Gasteiger partial charge in [0.25, 0.3) is 0 Å². The van der Waals surface area contributed by atoms with Gasteiger partial charge in [0.05, 0.1) is 11.8 Å². The number of aryl methyl sites for hydroxylation is 1. The average Bonchev–Trinajstić information content (AvgIpc) is 2.64. The molecule has 16 heavy (non-hydrogen) atoms. The van der Waals surface area contributed by atoms with Crippen molar-refractivity contribution in [3.05, 3.63) is 17.5 Å². The van der Waals surface area contributed by atoms with E-state index in [1.165, 1.54) is 0 Å². The molecule has 0 aliphatic heterocycles. The molecule has 5 heteroatoms. The minimum absolute atomic E-state index is 0. The fourth-order valence-corrected chi connectivity index (χ4v) is 1.94. The van der Waals surface area contributed by atoms with Gasteiger partial charge in [0.2, 0.25) is 0 Å². The number of rotatable bonds is 3. The molecule has 4 nitrogen and oxygen atoms in total. The van der Waals surface area contributed by atoms with Gasteiger partial charge in [-0.3, -0.25) is 0 Å². The van der Waals surface area contributed by atoms with Gasteiger partial charge >= 0.3 is 0 Å². The molecule has 1 aliphatic carbocycles. The molecule has 2 rings (SSSR count). The molecule has 1 saturated carbocycles. The minimum atomic E-state index is 0. The summed E-state index contributed by atoms with van der Waals surface area (Å²) in [5, 5.41) is 3.82. The third kappa shape index (κ3) is 3.77. The molecular formula is C11H19ClN2O2. The lowest BCUT2D eigenvalue weighted by Gasteiger charge is -2.25. The van der Waals surface area contributed by atoms with Crippen molar-refractivity contribution in [3.8, 4) is 0 Å². The first-order chi connectivity index (χ1) is 7.24. The zero-order valence-corrected chi connectivity index (χ0v) is 10.3. The Bertz CT molecular complexity index is 309. The van der Waals surface area contributed by atoms with E-state index < -0.39 is 0 Å². The van der Waals surface area contributed by atoms with Crippen molar-refractivity contribution in [3.63, 3.8) is 0 Å². The summed E-state index contributed by atoms with van der Waals surface area (Å²) in [7, 11) is 0. The normalized spacial score (nSPS) is 25.1. The predicted molar refractivity (Wildman–Crippen MR) is 63.5 cm³/mol. The molecule has 1 heterocycles. The van der Waals surface area contributed by atoms with E-state index in [9.17, 15) is 0 Å². The predicted octanol–water partition coefficient (Wildman–Crippen LogP) is 2.19. The van der Waals surface area contributed by atoms with Gasteiger partial charge in [0.15, 0.2) is 5.76 Å². The maximum absolute atomic E-state index is 5.82. The van der Waals surface area contributed by atoms with Crippen LogP contribution in [0.2, 0.25) is 0 Å². The van der Waals surface area contributed by atoms with Crippen molar-refractivity contribution >= 4 is 12.4 Å². The SMILES string of the molecule is Cc1cc(COC2CCC(N)CC2)on1.Cl. The lowest BCUT2D eigenvalue weighted by molar-refractivity contribution is 0.00393. The van der Waals surface area contributed by atoms with E-state index in [0.717, 1.165) is 37.1 Å². The largest absolute Gasteiger partial charge is 0.370 e. The first kappa shape index (κ1) is 13.5. The van der Waals surface area contributed by atoms with Gasteiger partial charge in [-0.25, -0.2) is 0 Å². The van der Waals surface area contributed by atoms with E-state index in [-0.39, 0.29) is 12.4 Å². The molecule has 1 aliphatic rings. The fraction of sp³-hybridized carbons (Fsp3) is 0.727. The average molecular weight is 247 g/mol. The van der Waals surface area contributed by atoms with E-state index in [1.54, 1.807) is 0 Å². The van der Waals surface area contributed by atoms with Crippen molar-refractivity contribution in [2.75, 3.05) is 0 Å². The van der Waals surface area contributed by atoms with Crippen molar-refractivity contribution < 1.29 is 9.26 Å². The second kappa shape index (κ2) is 6.23. The van der Waals surface area contributed by atoms with E-state index in [2.05, 4.69) is 5.16 Å². The van der Waals surface area contributed by atoms with Crippen LogP contribution in [-0.4, -0.2) is 17.3 Å². The number of ether oxygens (including phenoxy) is 1. The van der Waals surface area contributed by atoms with E-state index in [4.69, 9.17) is 15.0 Å². The van der Waals surface area contributed by atoms with Gasteiger partial charge in [0.1, 0.15) is 6.61 Å². The van der Waals surface area contributed by atoms with E-state index >= 15 is 0 Å². The zero-order chi connectivity index (χ0) is 10.7. The van der Waals surface area contributed by atoms with Crippen LogP contribution in [0.4, 0.5) is 0 Å². The van der Waals surface area contributed by atoms with Crippen molar-refractivity contribution in [2.24, 2.45) is 5.73 Å². The smallest absolute Gasteiger partial charge is 0.162 e. The highest BCUT2D eigenvalue weighted by Crippen LogP contribution is 2.21. The van der Waals surface area contributed by atoms with Gasteiger partial charge in [-0.1, -0.05) is 5.16 Å². The molecule has 0 atom stereocenters. The Labute approximate surface area is 102 Å². The Hall–Kier alpha value is -0.580. The first-order valence-corrected chi connectivity index (χ1v) is 5.53. The summed E-state index contributed by atoms with van der Waals surface area (Å²) in [6.07, 6.45) is 4.61. The summed E-state index contributed by atoms with van der Waals surface area (Å²) in [6.45, 7) is 2.44. The lowest BCUT2D eigenvalue weighted by Crippen LogP contribution is -2.30. The molecule has 0 radical (unpaired) electrons. The van der Waals surface area contributed by atoms with Crippen LogP contribution in [-0.2, 0) is 11.3 Å². The number of hydrogen-bond donors (Lipinski definition) is 1. The molecule has 1 fully saturated rings. The molecule has 92 valence electrons. The number of nitrogens with two attached hydrogens (primary N) is 1. The Morgan fingerprint density at radius 2 is 2.12 bits per heavy atom. The highest BCUT2D eigenvalue weighted by Gasteiger charge is 2.19. The molecule has 0 aromatic carbocycles. The van der Waals surface area contributed by atoms with E-state index in [0.29, 0.717) is 18.8 Å². The van der Waals surface area contributed by atoms with Gasteiger partial charge in [0, 0.05) is 12.1 Å². The second-order valence-corrected chi connectivity index (χ2v) is 4.28. The number of nitrogens with zero attached hydrogens (tertiary/aromatic N) is 1. The topological polar surface area (TPSA) is 61.3 Å². The number of hydrogen-bond acceptors (Lipinski definition) is 4. The minimum Gasteiger partial charge on any atom is -0.370 e. The molecule has 0 amide bonds. The van der Waals surface area contributed by atoms with Gasteiger partial charge in [-0.05, 0) is 32.6 Å². The molecule has 1 aromatic rings. The Kier molecular flexibility index (Phi) is 5.25.